The van der Waals surface area contributed by atoms with Crippen LogP contribution in [0.15, 0.2) is 24.4 Å². The topological polar surface area (TPSA) is 42.1 Å². The van der Waals surface area contributed by atoms with Crippen LogP contribution in [0.4, 0.5) is 0 Å². The second-order valence-corrected chi connectivity index (χ2v) is 6.05. The van der Waals surface area contributed by atoms with E-state index in [1.54, 1.807) is 0 Å². The third kappa shape index (κ3) is 1.97. The molecule has 1 aromatic heterocycles. The molecule has 0 radical (unpaired) electrons. The molecular formula is C17H21NO2. The molecule has 2 aromatic rings. The van der Waals surface area contributed by atoms with Gasteiger partial charge in [-0.05, 0) is 38.3 Å². The minimum Gasteiger partial charge on any atom is -0.374 e. The Bertz CT molecular complexity index is 658. The molecule has 0 amide bonds. The molecule has 1 aromatic carbocycles. The SMILES string of the molecule is Cc1ccc2c(C(=O)C3C(C)OC(C)C3C)c[nH]c2c1. The predicted molar refractivity (Wildman–Crippen MR) is 80.0 cm³/mol. The first-order valence-corrected chi connectivity index (χ1v) is 7.26. The monoisotopic (exact) mass is 271 g/mol. The highest BCUT2D eigenvalue weighted by Gasteiger charge is 2.42. The quantitative estimate of drug-likeness (QED) is 0.846. The zero-order chi connectivity index (χ0) is 14.4. The number of hydrogen-bond donors (Lipinski definition) is 1. The lowest BCUT2D eigenvalue weighted by Gasteiger charge is -2.16. The Morgan fingerprint density at radius 2 is 1.95 bits per heavy atom. The maximum absolute atomic E-state index is 12.9. The maximum Gasteiger partial charge on any atom is 0.171 e. The average Bonchev–Trinajstić information content (AvgIpc) is 2.91. The Labute approximate surface area is 119 Å². The summed E-state index contributed by atoms with van der Waals surface area (Å²) < 4.78 is 5.81. The van der Waals surface area contributed by atoms with E-state index < -0.39 is 0 Å². The summed E-state index contributed by atoms with van der Waals surface area (Å²) in [5.74, 6) is 0.405. The Morgan fingerprint density at radius 3 is 2.60 bits per heavy atom. The number of H-pyrrole nitrogens is 1. The number of carbonyl (C=O) groups is 1. The highest BCUT2D eigenvalue weighted by Crippen LogP contribution is 2.35. The molecule has 0 aliphatic carbocycles. The molecule has 1 N–H and O–H groups in total. The Morgan fingerprint density at radius 1 is 1.20 bits per heavy atom. The molecule has 0 spiro atoms. The number of aromatic amines is 1. The molecule has 106 valence electrons. The summed E-state index contributed by atoms with van der Waals surface area (Å²) in [6.45, 7) is 8.21. The van der Waals surface area contributed by atoms with Crippen molar-refractivity contribution in [2.24, 2.45) is 11.8 Å². The van der Waals surface area contributed by atoms with Crippen LogP contribution < -0.4 is 0 Å². The lowest BCUT2D eigenvalue weighted by molar-refractivity contribution is 0.0491. The molecule has 0 bridgehead atoms. The summed E-state index contributed by atoms with van der Waals surface area (Å²) in [5.41, 5.74) is 3.01. The summed E-state index contributed by atoms with van der Waals surface area (Å²) >= 11 is 0. The van der Waals surface area contributed by atoms with Crippen molar-refractivity contribution in [3.8, 4) is 0 Å². The fourth-order valence-electron chi connectivity index (χ4n) is 3.34. The van der Waals surface area contributed by atoms with Crippen LogP contribution >= 0.6 is 0 Å². The zero-order valence-electron chi connectivity index (χ0n) is 12.4. The van der Waals surface area contributed by atoms with E-state index in [0.717, 1.165) is 16.5 Å². The van der Waals surface area contributed by atoms with E-state index in [1.165, 1.54) is 5.56 Å². The van der Waals surface area contributed by atoms with E-state index in [-0.39, 0.29) is 29.8 Å². The van der Waals surface area contributed by atoms with Gasteiger partial charge in [0.1, 0.15) is 0 Å². The van der Waals surface area contributed by atoms with Crippen LogP contribution in [0.5, 0.6) is 0 Å². The fraction of sp³-hybridized carbons (Fsp3) is 0.471. The summed E-state index contributed by atoms with van der Waals surface area (Å²) in [4.78, 5) is 16.1. The molecule has 1 saturated heterocycles. The van der Waals surface area contributed by atoms with Crippen LogP contribution in [0.2, 0.25) is 0 Å². The van der Waals surface area contributed by atoms with Crippen molar-refractivity contribution in [3.05, 3.63) is 35.5 Å². The van der Waals surface area contributed by atoms with Gasteiger partial charge in [0.05, 0.1) is 18.1 Å². The van der Waals surface area contributed by atoms with Gasteiger partial charge in [0.25, 0.3) is 0 Å². The van der Waals surface area contributed by atoms with E-state index >= 15 is 0 Å². The number of fused-ring (bicyclic) bond motifs is 1. The maximum atomic E-state index is 12.9. The second-order valence-electron chi connectivity index (χ2n) is 6.05. The van der Waals surface area contributed by atoms with Gasteiger partial charge in [0.15, 0.2) is 5.78 Å². The summed E-state index contributed by atoms with van der Waals surface area (Å²) in [6.07, 6.45) is 1.98. The van der Waals surface area contributed by atoms with E-state index in [4.69, 9.17) is 4.74 Å². The van der Waals surface area contributed by atoms with E-state index in [1.807, 2.05) is 32.2 Å². The molecule has 1 aliphatic rings. The first-order valence-electron chi connectivity index (χ1n) is 7.26. The van der Waals surface area contributed by atoms with Gasteiger partial charge in [-0.2, -0.15) is 0 Å². The number of carbonyl (C=O) groups excluding carboxylic acids is 1. The first kappa shape index (κ1) is 13.4. The zero-order valence-corrected chi connectivity index (χ0v) is 12.4. The van der Waals surface area contributed by atoms with Crippen LogP contribution in [0.3, 0.4) is 0 Å². The van der Waals surface area contributed by atoms with Crippen LogP contribution in [-0.4, -0.2) is 23.0 Å². The van der Waals surface area contributed by atoms with Crippen LogP contribution in [0.1, 0.15) is 36.7 Å². The third-order valence-corrected chi connectivity index (χ3v) is 4.65. The molecule has 20 heavy (non-hydrogen) atoms. The van der Waals surface area contributed by atoms with Gasteiger partial charge >= 0.3 is 0 Å². The molecule has 4 unspecified atom stereocenters. The molecule has 1 fully saturated rings. The highest BCUT2D eigenvalue weighted by molar-refractivity contribution is 6.09. The van der Waals surface area contributed by atoms with Gasteiger partial charge in [0.2, 0.25) is 0 Å². The molecular weight excluding hydrogens is 250 g/mol. The molecule has 3 heteroatoms. The van der Waals surface area contributed by atoms with Gasteiger partial charge < -0.3 is 9.72 Å². The Kier molecular flexibility index (Phi) is 3.17. The van der Waals surface area contributed by atoms with Crippen LogP contribution in [0.25, 0.3) is 10.9 Å². The number of rotatable bonds is 2. The smallest absolute Gasteiger partial charge is 0.171 e. The minimum atomic E-state index is -0.0506. The predicted octanol–water partition coefficient (Wildman–Crippen LogP) is 3.72. The highest BCUT2D eigenvalue weighted by atomic mass is 16.5. The van der Waals surface area contributed by atoms with Crippen LogP contribution in [-0.2, 0) is 4.74 Å². The number of Topliss-reactive ketones (excluding diaryl/α,β-unsaturated/α-hetero) is 1. The lowest BCUT2D eigenvalue weighted by atomic mass is 9.83. The van der Waals surface area contributed by atoms with Crippen LogP contribution in [0, 0.1) is 18.8 Å². The average molecular weight is 271 g/mol. The number of benzene rings is 1. The van der Waals surface area contributed by atoms with Crippen molar-refractivity contribution in [2.75, 3.05) is 0 Å². The molecule has 1 aliphatic heterocycles. The van der Waals surface area contributed by atoms with Crippen molar-refractivity contribution in [3.63, 3.8) is 0 Å². The molecule has 0 saturated carbocycles. The summed E-state index contributed by atoms with van der Waals surface area (Å²) in [5, 5.41) is 1.01. The number of ketones is 1. The number of ether oxygens (including phenoxy) is 1. The fourth-order valence-corrected chi connectivity index (χ4v) is 3.34. The second kappa shape index (κ2) is 4.74. The third-order valence-electron chi connectivity index (χ3n) is 4.65. The van der Waals surface area contributed by atoms with Gasteiger partial charge in [-0.15, -0.1) is 0 Å². The molecule has 3 rings (SSSR count). The molecule has 3 nitrogen and oxygen atoms in total. The van der Waals surface area contributed by atoms with Crippen molar-refractivity contribution >= 4 is 16.7 Å². The van der Waals surface area contributed by atoms with Crippen molar-refractivity contribution in [2.45, 2.75) is 39.9 Å². The molecule has 4 atom stereocenters. The first-order chi connectivity index (χ1) is 9.49. The van der Waals surface area contributed by atoms with Crippen molar-refractivity contribution in [1.82, 2.24) is 4.98 Å². The standard InChI is InChI=1S/C17H21NO2/c1-9-5-6-13-14(8-18-15(13)7-9)17(19)16-10(2)11(3)20-12(16)4/h5-8,10-12,16,18H,1-4H3. The van der Waals surface area contributed by atoms with Gasteiger partial charge in [-0.1, -0.05) is 19.1 Å². The van der Waals surface area contributed by atoms with Gasteiger partial charge in [-0.3, -0.25) is 4.79 Å². The van der Waals surface area contributed by atoms with Crippen molar-refractivity contribution < 1.29 is 9.53 Å². The Balaban J connectivity index is 2.01. The van der Waals surface area contributed by atoms with Gasteiger partial charge in [-0.25, -0.2) is 0 Å². The van der Waals surface area contributed by atoms with Crippen molar-refractivity contribution in [1.29, 1.82) is 0 Å². The number of nitrogens with one attached hydrogen (secondary N) is 1. The van der Waals surface area contributed by atoms with E-state index in [2.05, 4.69) is 24.9 Å². The summed E-state index contributed by atoms with van der Waals surface area (Å²) in [7, 11) is 0. The van der Waals surface area contributed by atoms with E-state index in [0.29, 0.717) is 0 Å². The normalized spacial score (nSPS) is 30.0. The number of aryl methyl sites for hydroxylation is 1. The largest absolute Gasteiger partial charge is 0.374 e. The Hall–Kier alpha value is -1.61. The minimum absolute atomic E-state index is 0.0112. The van der Waals surface area contributed by atoms with E-state index in [9.17, 15) is 4.79 Å². The number of aromatic nitrogens is 1. The lowest BCUT2D eigenvalue weighted by Crippen LogP contribution is -2.26. The molecule has 2 heterocycles. The van der Waals surface area contributed by atoms with Gasteiger partial charge in [0, 0.05) is 22.7 Å². The number of hydrogen-bond acceptors (Lipinski definition) is 2. The summed E-state index contributed by atoms with van der Waals surface area (Å²) in [6, 6.07) is 6.16.